The molecule has 0 heterocycles. The summed E-state index contributed by atoms with van der Waals surface area (Å²) in [5.41, 5.74) is 17.0. The van der Waals surface area contributed by atoms with Gasteiger partial charge in [0.25, 0.3) is 0 Å². The molecule has 2 rings (SSSR count). The van der Waals surface area contributed by atoms with E-state index in [4.69, 9.17) is 40.4 Å². The third-order valence-electron chi connectivity index (χ3n) is 2.45. The Balaban J connectivity index is 0.000000224. The van der Waals surface area contributed by atoms with Gasteiger partial charge in [-0.25, -0.2) is 0 Å². The molecule has 0 saturated heterocycles. The Labute approximate surface area is 153 Å². The molecule has 0 atom stereocenters. The lowest BCUT2D eigenvalue weighted by atomic mass is 10.3. The summed E-state index contributed by atoms with van der Waals surface area (Å²) in [6.07, 6.45) is 0. The number of halogens is 4. The molecule has 0 bridgehead atoms. The molecule has 0 saturated carbocycles. The van der Waals surface area contributed by atoms with Crippen molar-refractivity contribution in [3.63, 3.8) is 0 Å². The number of nitrogens with zero attached hydrogens (tertiary/aromatic N) is 1. The van der Waals surface area contributed by atoms with E-state index in [1.807, 2.05) is 0 Å². The van der Waals surface area contributed by atoms with Crippen LogP contribution in [0.15, 0.2) is 33.2 Å². The Hall–Kier alpha value is -1.22. The first kappa shape index (κ1) is 18.8. The monoisotopic (exact) mass is 470 g/mol. The zero-order chi connectivity index (χ0) is 17.0. The second-order valence-corrected chi connectivity index (χ2v) is 6.39. The third kappa shape index (κ3) is 4.39. The van der Waals surface area contributed by atoms with E-state index >= 15 is 0 Å². The number of hydrogen-bond acceptors (Lipinski definition) is 5. The maximum atomic E-state index is 10.4. The van der Waals surface area contributed by atoms with Crippen LogP contribution in [-0.2, 0) is 0 Å². The molecule has 0 spiro atoms. The van der Waals surface area contributed by atoms with E-state index in [1.165, 1.54) is 6.07 Å². The van der Waals surface area contributed by atoms with Gasteiger partial charge in [-0.1, -0.05) is 23.2 Å². The van der Waals surface area contributed by atoms with E-state index in [2.05, 4.69) is 31.9 Å². The van der Waals surface area contributed by atoms with Crippen LogP contribution >= 0.6 is 55.1 Å². The number of nitro groups is 1. The van der Waals surface area contributed by atoms with Crippen LogP contribution in [0.25, 0.3) is 0 Å². The third-order valence-corrected chi connectivity index (χ3v) is 5.02. The van der Waals surface area contributed by atoms with Crippen LogP contribution in [0.3, 0.4) is 0 Å². The minimum Gasteiger partial charge on any atom is -0.397 e. The van der Waals surface area contributed by atoms with E-state index in [0.717, 1.165) is 4.47 Å². The Morgan fingerprint density at radius 3 is 1.77 bits per heavy atom. The number of hydrogen-bond donors (Lipinski definition) is 3. The van der Waals surface area contributed by atoms with Gasteiger partial charge < -0.3 is 17.2 Å². The zero-order valence-corrected chi connectivity index (χ0v) is 15.5. The molecule has 0 aliphatic heterocycles. The summed E-state index contributed by atoms with van der Waals surface area (Å²) < 4.78 is 1.23. The van der Waals surface area contributed by atoms with Crippen LogP contribution in [0.4, 0.5) is 22.7 Å². The molecule has 2 aromatic carbocycles. The van der Waals surface area contributed by atoms with Crippen LogP contribution in [0.1, 0.15) is 0 Å². The Kier molecular flexibility index (Phi) is 6.73. The van der Waals surface area contributed by atoms with Crippen molar-refractivity contribution in [2.45, 2.75) is 0 Å². The van der Waals surface area contributed by atoms with E-state index in [9.17, 15) is 10.1 Å². The van der Waals surface area contributed by atoms with Crippen molar-refractivity contribution in [2.24, 2.45) is 0 Å². The van der Waals surface area contributed by atoms with Crippen molar-refractivity contribution in [1.82, 2.24) is 0 Å². The van der Waals surface area contributed by atoms with Gasteiger partial charge in [0.05, 0.1) is 21.3 Å². The van der Waals surface area contributed by atoms with Crippen LogP contribution in [0.5, 0.6) is 0 Å². The number of nitrogens with two attached hydrogens (primary N) is 3. The van der Waals surface area contributed by atoms with Gasteiger partial charge in [0.2, 0.25) is 0 Å². The summed E-state index contributed by atoms with van der Waals surface area (Å²) in [6, 6.07) is 6.44. The molecule has 22 heavy (non-hydrogen) atoms. The van der Waals surface area contributed by atoms with E-state index in [0.29, 0.717) is 20.9 Å². The first-order valence-electron chi connectivity index (χ1n) is 5.53. The van der Waals surface area contributed by atoms with E-state index in [-0.39, 0.29) is 16.4 Å². The quantitative estimate of drug-likeness (QED) is 0.311. The van der Waals surface area contributed by atoms with Gasteiger partial charge in [-0.2, -0.15) is 0 Å². The predicted molar refractivity (Wildman–Crippen MR) is 98.2 cm³/mol. The first-order chi connectivity index (χ1) is 10.2. The Morgan fingerprint density at radius 1 is 0.909 bits per heavy atom. The second kappa shape index (κ2) is 7.87. The molecular formula is C12H10Br2Cl2N4O2. The van der Waals surface area contributed by atoms with Crippen LogP contribution in [0.2, 0.25) is 10.0 Å². The molecule has 0 fully saturated rings. The topological polar surface area (TPSA) is 121 Å². The molecule has 2 aromatic rings. The average Bonchev–Trinajstić information content (AvgIpc) is 2.46. The molecular weight excluding hydrogens is 463 g/mol. The minimum absolute atomic E-state index is 0.0278. The van der Waals surface area contributed by atoms with E-state index < -0.39 is 4.92 Å². The molecule has 0 aromatic heterocycles. The van der Waals surface area contributed by atoms with Crippen LogP contribution < -0.4 is 17.2 Å². The highest BCUT2D eigenvalue weighted by Gasteiger charge is 2.18. The number of benzene rings is 2. The molecule has 0 aliphatic carbocycles. The number of rotatable bonds is 1. The summed E-state index contributed by atoms with van der Waals surface area (Å²) in [6.45, 7) is 0. The van der Waals surface area contributed by atoms with E-state index in [1.54, 1.807) is 18.2 Å². The fraction of sp³-hybridized carbons (Fsp3) is 0. The zero-order valence-electron chi connectivity index (χ0n) is 10.8. The summed E-state index contributed by atoms with van der Waals surface area (Å²) >= 11 is 17.6. The van der Waals surface area contributed by atoms with Crippen molar-refractivity contribution in [3.8, 4) is 0 Å². The van der Waals surface area contributed by atoms with Crippen molar-refractivity contribution < 1.29 is 4.92 Å². The fourth-order valence-corrected chi connectivity index (χ4v) is 2.40. The smallest absolute Gasteiger partial charge is 0.311 e. The minimum atomic E-state index is -0.609. The maximum Gasteiger partial charge on any atom is 0.311 e. The maximum absolute atomic E-state index is 10.4. The van der Waals surface area contributed by atoms with Crippen molar-refractivity contribution in [2.75, 3.05) is 17.2 Å². The van der Waals surface area contributed by atoms with Gasteiger partial charge in [0.15, 0.2) is 0 Å². The van der Waals surface area contributed by atoms with Crippen molar-refractivity contribution >= 4 is 77.8 Å². The molecule has 118 valence electrons. The van der Waals surface area contributed by atoms with Crippen molar-refractivity contribution in [1.29, 1.82) is 0 Å². The molecule has 6 N–H and O–H groups in total. The molecule has 6 nitrogen and oxygen atoms in total. The van der Waals surface area contributed by atoms with Gasteiger partial charge in [-0.15, -0.1) is 0 Å². The largest absolute Gasteiger partial charge is 0.397 e. The van der Waals surface area contributed by atoms with Gasteiger partial charge >= 0.3 is 5.69 Å². The lowest BCUT2D eigenvalue weighted by Crippen LogP contribution is -1.96. The number of nitro benzene ring substituents is 1. The normalized spacial score (nSPS) is 9.82. The summed E-state index contributed by atoms with van der Waals surface area (Å²) in [7, 11) is 0. The Morgan fingerprint density at radius 2 is 1.36 bits per heavy atom. The number of nitrogen functional groups attached to an aromatic ring is 3. The summed E-state index contributed by atoms with van der Waals surface area (Å²) in [5.74, 6) is 0. The summed E-state index contributed by atoms with van der Waals surface area (Å²) in [5, 5.41) is 10.9. The second-order valence-electron chi connectivity index (χ2n) is 3.92. The molecule has 0 unspecified atom stereocenters. The predicted octanol–water partition coefficient (Wildman–Crippen LogP) is 4.86. The van der Waals surface area contributed by atoms with Gasteiger partial charge in [-0.05, 0) is 56.1 Å². The average molecular weight is 473 g/mol. The lowest BCUT2D eigenvalue weighted by molar-refractivity contribution is -0.383. The molecule has 0 radical (unpaired) electrons. The highest BCUT2D eigenvalue weighted by molar-refractivity contribution is 9.10. The highest BCUT2D eigenvalue weighted by atomic mass is 79.9. The van der Waals surface area contributed by atoms with Gasteiger partial charge in [0.1, 0.15) is 10.7 Å². The van der Waals surface area contributed by atoms with Crippen LogP contribution in [0, 0.1) is 10.1 Å². The van der Waals surface area contributed by atoms with Crippen molar-refractivity contribution in [3.05, 3.63) is 53.4 Å². The van der Waals surface area contributed by atoms with Crippen LogP contribution in [-0.4, -0.2) is 4.92 Å². The first-order valence-corrected chi connectivity index (χ1v) is 7.87. The summed E-state index contributed by atoms with van der Waals surface area (Å²) in [4.78, 5) is 9.81. The van der Waals surface area contributed by atoms with Gasteiger partial charge in [0, 0.05) is 8.95 Å². The number of anilines is 3. The SMILES string of the molecule is Nc1ccc(Br)c(Cl)c1N.Nc1ccc(Br)c(Cl)c1[N+](=O)[O-]. The lowest BCUT2D eigenvalue weighted by Gasteiger charge is -2.02. The molecule has 0 amide bonds. The molecule has 0 aliphatic rings. The Bertz CT molecular complexity index is 702. The molecule has 10 heteroatoms. The highest BCUT2D eigenvalue weighted by Crippen LogP contribution is 2.36. The van der Waals surface area contributed by atoms with Gasteiger partial charge in [-0.3, -0.25) is 10.1 Å². The standard InChI is InChI=1S/C6H4BrClN2O2.C6H6BrClN2/c7-3-1-2-4(9)6(5(3)8)10(11)12;7-3-1-2-4(9)6(10)5(3)8/h1-2H,9H2;1-2H,9-10H2. The fourth-order valence-electron chi connectivity index (χ4n) is 1.32.